The molecular weight excluding hydrogens is 380 g/mol. The molecule has 3 heterocycles. The summed E-state index contributed by atoms with van der Waals surface area (Å²) in [5.41, 5.74) is 1.38. The van der Waals surface area contributed by atoms with Crippen LogP contribution in [-0.2, 0) is 17.4 Å². The molecule has 3 aromatic rings. The van der Waals surface area contributed by atoms with E-state index < -0.39 is 5.60 Å². The number of hydrogen-bond acceptors (Lipinski definition) is 7. The molecule has 8 nitrogen and oxygen atoms in total. The summed E-state index contributed by atoms with van der Waals surface area (Å²) in [6.45, 7) is 1.05. The van der Waals surface area contributed by atoms with Crippen LogP contribution in [0, 0.1) is 0 Å². The zero-order valence-electron chi connectivity index (χ0n) is 15.4. The van der Waals surface area contributed by atoms with Crippen LogP contribution in [0.15, 0.2) is 42.9 Å². The maximum atomic E-state index is 11.1. The second kappa shape index (κ2) is 7.75. The Labute approximate surface area is 167 Å². The molecule has 1 fully saturated rings. The van der Waals surface area contributed by atoms with E-state index in [2.05, 4.69) is 25.7 Å². The van der Waals surface area contributed by atoms with Gasteiger partial charge in [-0.05, 0) is 6.07 Å². The van der Waals surface area contributed by atoms with Gasteiger partial charge in [-0.15, -0.1) is 0 Å². The molecule has 0 amide bonds. The number of para-hydroxylation sites is 1. The van der Waals surface area contributed by atoms with Gasteiger partial charge in [-0.1, -0.05) is 29.8 Å². The molecule has 0 bridgehead atoms. The van der Waals surface area contributed by atoms with Crippen molar-refractivity contribution < 1.29 is 9.84 Å². The molecule has 0 unspecified atom stereocenters. The van der Waals surface area contributed by atoms with Crippen LogP contribution in [0.2, 0.25) is 5.02 Å². The van der Waals surface area contributed by atoms with Crippen LogP contribution in [0.5, 0.6) is 0 Å². The molecule has 9 heteroatoms. The number of nitrogens with zero attached hydrogens (tertiary/aromatic N) is 4. The summed E-state index contributed by atoms with van der Waals surface area (Å²) >= 11 is 6.31. The molecule has 1 aromatic carbocycles. The van der Waals surface area contributed by atoms with Crippen LogP contribution >= 0.6 is 11.6 Å². The molecule has 4 rings (SSSR count). The fraction of sp³-hybridized carbons (Fsp3) is 0.316. The van der Waals surface area contributed by atoms with Gasteiger partial charge in [-0.3, -0.25) is 4.68 Å². The average Bonchev–Trinajstić information content (AvgIpc) is 3.10. The third-order valence-electron chi connectivity index (χ3n) is 4.71. The molecule has 0 aliphatic carbocycles. The predicted octanol–water partition coefficient (Wildman–Crippen LogP) is 3.35. The van der Waals surface area contributed by atoms with E-state index in [-0.39, 0.29) is 0 Å². The number of aryl methyl sites for hydroxylation is 1. The molecule has 1 aliphatic rings. The Morgan fingerprint density at radius 3 is 2.71 bits per heavy atom. The van der Waals surface area contributed by atoms with Crippen molar-refractivity contribution in [3.05, 3.63) is 53.4 Å². The minimum atomic E-state index is -0.946. The van der Waals surface area contributed by atoms with Crippen LogP contribution in [0.3, 0.4) is 0 Å². The second-order valence-corrected chi connectivity index (χ2v) is 7.14. The molecule has 28 heavy (non-hydrogen) atoms. The number of hydrogen-bond donors (Lipinski definition) is 3. The highest BCUT2D eigenvalue weighted by Gasteiger charge is 2.33. The van der Waals surface area contributed by atoms with Gasteiger partial charge in [0.15, 0.2) is 5.82 Å². The molecular formula is C19H21ClN6O2. The number of anilines is 4. The maximum Gasteiger partial charge on any atom is 0.229 e. The number of aliphatic hydroxyl groups is 1. The lowest BCUT2D eigenvalue weighted by atomic mass is 9.85. The first-order chi connectivity index (χ1) is 13.5. The van der Waals surface area contributed by atoms with Gasteiger partial charge < -0.3 is 20.5 Å². The minimum absolute atomic E-state index is 0.380. The van der Waals surface area contributed by atoms with E-state index in [0.29, 0.717) is 42.8 Å². The largest absolute Gasteiger partial charge is 0.385 e. The highest BCUT2D eigenvalue weighted by molar-refractivity contribution is 6.32. The van der Waals surface area contributed by atoms with Crippen molar-refractivity contribution >= 4 is 34.7 Å². The summed E-state index contributed by atoms with van der Waals surface area (Å²) in [7, 11) is 1.83. The summed E-state index contributed by atoms with van der Waals surface area (Å²) in [6.07, 6.45) is 6.11. The van der Waals surface area contributed by atoms with E-state index in [1.807, 2.05) is 37.5 Å². The van der Waals surface area contributed by atoms with Gasteiger partial charge in [0.2, 0.25) is 5.95 Å². The van der Waals surface area contributed by atoms with Crippen LogP contribution < -0.4 is 10.6 Å². The number of halogens is 1. The lowest BCUT2D eigenvalue weighted by Gasteiger charge is -2.34. The third-order valence-corrected chi connectivity index (χ3v) is 4.98. The summed E-state index contributed by atoms with van der Waals surface area (Å²) in [4.78, 5) is 8.69. The van der Waals surface area contributed by atoms with Gasteiger partial charge in [-0.2, -0.15) is 10.1 Å². The van der Waals surface area contributed by atoms with Gasteiger partial charge in [0.05, 0.1) is 23.7 Å². The summed E-state index contributed by atoms with van der Waals surface area (Å²) in [5.74, 6) is 0.841. The Bertz CT molecular complexity index is 971. The van der Waals surface area contributed by atoms with E-state index in [9.17, 15) is 5.11 Å². The summed E-state index contributed by atoms with van der Waals surface area (Å²) in [6, 6.07) is 7.62. The molecule has 0 atom stereocenters. The Morgan fingerprint density at radius 1 is 1.18 bits per heavy atom. The molecule has 1 saturated heterocycles. The number of ether oxygens (including phenoxy) is 1. The number of rotatable bonds is 5. The van der Waals surface area contributed by atoms with Crippen LogP contribution in [-0.4, -0.2) is 38.1 Å². The first kappa shape index (κ1) is 18.7. The standard InChI is InChI=1S/C19H21ClN6O2/c1-26-12-13(10-22-26)23-18-21-11-15(20)17(25-18)24-16-5-3-2-4-14(16)19(27)6-8-28-9-7-19/h2-5,10-12,27H,6-9H2,1H3,(H2,21,23,24,25). The molecule has 3 N–H and O–H groups in total. The van der Waals surface area contributed by atoms with Crippen molar-refractivity contribution in [1.82, 2.24) is 19.7 Å². The van der Waals surface area contributed by atoms with Crippen molar-refractivity contribution in [3.63, 3.8) is 0 Å². The Hall–Kier alpha value is -2.68. The van der Waals surface area contributed by atoms with Crippen molar-refractivity contribution in [2.24, 2.45) is 7.05 Å². The highest BCUT2D eigenvalue weighted by atomic mass is 35.5. The van der Waals surface area contributed by atoms with Gasteiger partial charge in [0.1, 0.15) is 5.02 Å². The van der Waals surface area contributed by atoms with E-state index >= 15 is 0 Å². The molecule has 146 valence electrons. The van der Waals surface area contributed by atoms with E-state index in [1.54, 1.807) is 10.9 Å². The highest BCUT2D eigenvalue weighted by Crippen LogP contribution is 2.38. The predicted molar refractivity (Wildman–Crippen MR) is 107 cm³/mol. The SMILES string of the molecule is Cn1cc(Nc2ncc(Cl)c(Nc3ccccc3C3(O)CCOCC3)n2)cn1. The maximum absolute atomic E-state index is 11.1. The van der Waals surface area contributed by atoms with Crippen molar-refractivity contribution in [2.75, 3.05) is 23.8 Å². The monoisotopic (exact) mass is 400 g/mol. The van der Waals surface area contributed by atoms with Gasteiger partial charge in [-0.25, -0.2) is 4.98 Å². The zero-order valence-corrected chi connectivity index (χ0v) is 16.1. The summed E-state index contributed by atoms with van der Waals surface area (Å²) < 4.78 is 7.08. The van der Waals surface area contributed by atoms with Crippen molar-refractivity contribution in [1.29, 1.82) is 0 Å². The fourth-order valence-electron chi connectivity index (χ4n) is 3.23. The molecule has 0 radical (unpaired) electrons. The first-order valence-electron chi connectivity index (χ1n) is 8.98. The summed E-state index contributed by atoms with van der Waals surface area (Å²) in [5, 5.41) is 21.9. The Balaban J connectivity index is 1.61. The fourth-order valence-corrected chi connectivity index (χ4v) is 3.37. The Morgan fingerprint density at radius 2 is 1.96 bits per heavy atom. The van der Waals surface area contributed by atoms with Gasteiger partial charge >= 0.3 is 0 Å². The van der Waals surface area contributed by atoms with Crippen LogP contribution in [0.4, 0.5) is 23.1 Å². The van der Waals surface area contributed by atoms with Crippen molar-refractivity contribution in [2.45, 2.75) is 18.4 Å². The lowest BCUT2D eigenvalue weighted by Crippen LogP contribution is -2.34. The van der Waals surface area contributed by atoms with Crippen molar-refractivity contribution in [3.8, 4) is 0 Å². The van der Waals surface area contributed by atoms with Gasteiger partial charge in [0, 0.05) is 50.6 Å². The zero-order chi connectivity index (χ0) is 19.6. The number of aromatic nitrogens is 4. The Kier molecular flexibility index (Phi) is 5.17. The van der Waals surface area contributed by atoms with E-state index in [0.717, 1.165) is 16.9 Å². The normalized spacial score (nSPS) is 16.0. The molecule has 1 aliphatic heterocycles. The minimum Gasteiger partial charge on any atom is -0.385 e. The van der Waals surface area contributed by atoms with Crippen LogP contribution in [0.25, 0.3) is 0 Å². The third kappa shape index (κ3) is 3.94. The smallest absolute Gasteiger partial charge is 0.229 e. The average molecular weight is 401 g/mol. The van der Waals surface area contributed by atoms with E-state index in [1.165, 1.54) is 6.20 Å². The van der Waals surface area contributed by atoms with E-state index in [4.69, 9.17) is 16.3 Å². The van der Waals surface area contributed by atoms with Gasteiger partial charge in [0.25, 0.3) is 0 Å². The molecule has 0 saturated carbocycles. The molecule has 0 spiro atoms. The first-order valence-corrected chi connectivity index (χ1v) is 9.36. The number of benzene rings is 1. The quantitative estimate of drug-likeness (QED) is 0.604. The topological polar surface area (TPSA) is 97.1 Å². The molecule has 2 aromatic heterocycles. The lowest BCUT2D eigenvalue weighted by molar-refractivity contribution is -0.0674. The number of nitrogens with one attached hydrogen (secondary N) is 2. The van der Waals surface area contributed by atoms with Crippen LogP contribution in [0.1, 0.15) is 18.4 Å². The second-order valence-electron chi connectivity index (χ2n) is 6.73.